The summed E-state index contributed by atoms with van der Waals surface area (Å²) in [6, 6.07) is 2.73. The second kappa shape index (κ2) is 6.93. The van der Waals surface area contributed by atoms with Crippen molar-refractivity contribution >= 4 is 48.4 Å². The topological polar surface area (TPSA) is 61.8 Å². The first-order chi connectivity index (χ1) is 8.81. The smallest absolute Gasteiger partial charge is 0.341 e. The van der Waals surface area contributed by atoms with E-state index in [2.05, 4.69) is 9.05 Å². The molecule has 0 aliphatic carbocycles. The van der Waals surface area contributed by atoms with Crippen LogP contribution in [0.5, 0.6) is 5.75 Å². The van der Waals surface area contributed by atoms with Crippen LogP contribution in [0.1, 0.15) is 0 Å². The molecule has 106 valence electrons. The van der Waals surface area contributed by atoms with Gasteiger partial charge in [-0.3, -0.25) is 9.36 Å². The number of ether oxygens (including phenoxy) is 1. The Balaban J connectivity index is 2.87. The molecule has 1 aromatic carbocycles. The molecule has 0 saturated carbocycles. The normalized spacial score (nSPS) is 11.4. The number of rotatable bonds is 5. The van der Waals surface area contributed by atoms with Crippen molar-refractivity contribution in [2.45, 2.75) is 0 Å². The zero-order valence-electron chi connectivity index (χ0n) is 9.98. The maximum absolute atomic E-state index is 11.7. The van der Waals surface area contributed by atoms with E-state index in [1.54, 1.807) is 0 Å². The fourth-order valence-corrected chi connectivity index (χ4v) is 2.82. The van der Waals surface area contributed by atoms with Crippen LogP contribution >= 0.6 is 42.4 Å². The quantitative estimate of drug-likeness (QED) is 0.457. The molecule has 5 nitrogen and oxygen atoms in total. The van der Waals surface area contributed by atoms with Crippen molar-refractivity contribution < 1.29 is 23.1 Å². The Kier molecular flexibility index (Phi) is 6.12. The summed E-state index contributed by atoms with van der Waals surface area (Å²) in [5, 5.41) is 0.431. The van der Waals surface area contributed by atoms with Crippen LogP contribution in [-0.2, 0) is 18.4 Å². The highest BCUT2D eigenvalue weighted by Crippen LogP contribution is 2.46. The fraction of sp³-hybridized carbons (Fsp3) is 0.300. The highest BCUT2D eigenvalue weighted by Gasteiger charge is 2.27. The molecule has 1 aromatic rings. The second-order valence-electron chi connectivity index (χ2n) is 3.31. The molecule has 0 aromatic heterocycles. The van der Waals surface area contributed by atoms with Crippen molar-refractivity contribution in [1.82, 2.24) is 0 Å². The number of hydrogen-bond donors (Lipinski definition) is 0. The van der Waals surface area contributed by atoms with Crippen molar-refractivity contribution in [3.05, 3.63) is 27.2 Å². The molecule has 0 N–H and O–H groups in total. The Hall–Kier alpha value is -0.290. The highest BCUT2D eigenvalue weighted by molar-refractivity contribution is 7.54. The molecule has 0 aliphatic heterocycles. The first kappa shape index (κ1) is 16.8. The Morgan fingerprint density at radius 3 is 2.05 bits per heavy atom. The molecule has 0 heterocycles. The molecule has 0 saturated heterocycles. The number of carbonyl (C=O) groups excluding carboxylic acids is 1. The van der Waals surface area contributed by atoms with Gasteiger partial charge in [-0.25, -0.2) is 0 Å². The van der Waals surface area contributed by atoms with Crippen LogP contribution in [0, 0.1) is 0 Å². The average molecular weight is 348 g/mol. The molecule has 0 bridgehead atoms. The SMILES string of the molecule is COP(=O)(CC(=O)Oc1c(Cl)cc(Cl)cc1Cl)OC. The standard InChI is InChI=1S/C10H10Cl3O5P/c1-16-19(15,17-2)5-9(14)18-10-7(12)3-6(11)4-8(10)13/h3-4H,5H2,1-2H3. The predicted octanol–water partition coefficient (Wildman–Crippen LogP) is 4.04. The van der Waals surface area contributed by atoms with Crippen LogP contribution in [0.4, 0.5) is 0 Å². The van der Waals surface area contributed by atoms with E-state index in [0.717, 1.165) is 0 Å². The molecule has 0 spiro atoms. The lowest BCUT2D eigenvalue weighted by Gasteiger charge is -2.13. The van der Waals surface area contributed by atoms with Gasteiger partial charge < -0.3 is 13.8 Å². The van der Waals surface area contributed by atoms with Gasteiger partial charge >= 0.3 is 13.6 Å². The van der Waals surface area contributed by atoms with Gasteiger partial charge in [0.05, 0.1) is 10.0 Å². The lowest BCUT2D eigenvalue weighted by atomic mass is 10.3. The van der Waals surface area contributed by atoms with Crippen molar-refractivity contribution in [2.24, 2.45) is 0 Å². The average Bonchev–Trinajstić information content (AvgIpc) is 2.33. The van der Waals surface area contributed by atoms with Crippen molar-refractivity contribution in [3.63, 3.8) is 0 Å². The summed E-state index contributed by atoms with van der Waals surface area (Å²) in [4.78, 5) is 11.6. The van der Waals surface area contributed by atoms with Crippen molar-refractivity contribution in [1.29, 1.82) is 0 Å². The minimum atomic E-state index is -3.50. The number of halogens is 3. The van der Waals surface area contributed by atoms with Gasteiger partial charge in [0, 0.05) is 19.2 Å². The van der Waals surface area contributed by atoms with Gasteiger partial charge in [-0.1, -0.05) is 34.8 Å². The minimum Gasteiger partial charge on any atom is -0.423 e. The summed E-state index contributed by atoms with van der Waals surface area (Å²) in [5.41, 5.74) is 0. The van der Waals surface area contributed by atoms with Crippen molar-refractivity contribution in [2.75, 3.05) is 20.4 Å². The monoisotopic (exact) mass is 346 g/mol. The van der Waals surface area contributed by atoms with E-state index < -0.39 is 19.7 Å². The van der Waals surface area contributed by atoms with Crippen LogP contribution in [-0.4, -0.2) is 26.4 Å². The molecule has 0 unspecified atom stereocenters. The van der Waals surface area contributed by atoms with Gasteiger partial charge in [-0.05, 0) is 12.1 Å². The molecule has 1 rings (SSSR count). The van der Waals surface area contributed by atoms with Gasteiger partial charge in [-0.2, -0.15) is 0 Å². The van der Waals surface area contributed by atoms with Gasteiger partial charge in [0.2, 0.25) is 0 Å². The number of carbonyl (C=O) groups is 1. The van der Waals surface area contributed by atoms with E-state index >= 15 is 0 Å². The molecular weight excluding hydrogens is 337 g/mol. The zero-order chi connectivity index (χ0) is 14.6. The highest BCUT2D eigenvalue weighted by atomic mass is 35.5. The van der Waals surface area contributed by atoms with Crippen molar-refractivity contribution in [3.8, 4) is 5.75 Å². The summed E-state index contributed by atoms with van der Waals surface area (Å²) in [6.45, 7) is 0. The Morgan fingerprint density at radius 2 is 1.63 bits per heavy atom. The molecule has 0 aliphatic rings. The number of hydrogen-bond acceptors (Lipinski definition) is 5. The lowest BCUT2D eigenvalue weighted by Crippen LogP contribution is -2.15. The van der Waals surface area contributed by atoms with Crippen LogP contribution in [0.15, 0.2) is 12.1 Å². The Morgan fingerprint density at radius 1 is 1.16 bits per heavy atom. The molecule has 0 amide bonds. The van der Waals surface area contributed by atoms with Gasteiger partial charge in [0.25, 0.3) is 0 Å². The van der Waals surface area contributed by atoms with E-state index in [0.29, 0.717) is 5.02 Å². The van der Waals surface area contributed by atoms with Crippen LogP contribution in [0.2, 0.25) is 15.1 Å². The molecular formula is C10H10Cl3O5P. The van der Waals surface area contributed by atoms with Crippen LogP contribution < -0.4 is 4.74 Å². The largest absolute Gasteiger partial charge is 0.423 e. The summed E-state index contributed by atoms with van der Waals surface area (Å²) in [6.07, 6.45) is -0.560. The van der Waals surface area contributed by atoms with E-state index in [1.807, 2.05) is 0 Å². The summed E-state index contributed by atoms with van der Waals surface area (Å²) >= 11 is 17.4. The predicted molar refractivity (Wildman–Crippen MR) is 73.6 cm³/mol. The molecule has 9 heteroatoms. The lowest BCUT2D eigenvalue weighted by molar-refractivity contribution is -0.131. The second-order valence-corrected chi connectivity index (χ2v) is 6.83. The third-order valence-corrected chi connectivity index (χ3v) is 4.60. The molecule has 0 radical (unpaired) electrons. The maximum atomic E-state index is 11.7. The summed E-state index contributed by atoms with van der Waals surface area (Å²) in [5.74, 6) is -0.908. The van der Waals surface area contributed by atoms with E-state index in [9.17, 15) is 9.36 Å². The minimum absolute atomic E-state index is 0.0588. The Labute approximate surface area is 125 Å². The maximum Gasteiger partial charge on any atom is 0.341 e. The molecule has 0 atom stereocenters. The summed E-state index contributed by atoms with van der Waals surface area (Å²) < 4.78 is 25.9. The number of esters is 1. The fourth-order valence-electron chi connectivity index (χ4n) is 1.13. The van der Waals surface area contributed by atoms with Crippen LogP contribution in [0.3, 0.4) is 0 Å². The summed E-state index contributed by atoms with van der Waals surface area (Å²) in [7, 11) is -1.17. The van der Waals surface area contributed by atoms with Crippen LogP contribution in [0.25, 0.3) is 0 Å². The van der Waals surface area contributed by atoms with Gasteiger partial charge in [0.1, 0.15) is 6.16 Å². The number of benzene rings is 1. The van der Waals surface area contributed by atoms with Gasteiger partial charge in [0.15, 0.2) is 5.75 Å². The third-order valence-electron chi connectivity index (χ3n) is 2.06. The van der Waals surface area contributed by atoms with Gasteiger partial charge in [-0.15, -0.1) is 0 Å². The first-order valence-corrected chi connectivity index (χ1v) is 7.73. The third kappa shape index (κ3) is 4.63. The Bertz CT molecular complexity index is 503. The molecule has 0 fully saturated rings. The molecule has 19 heavy (non-hydrogen) atoms. The van der Waals surface area contributed by atoms with E-state index in [1.165, 1.54) is 26.4 Å². The van der Waals surface area contributed by atoms with E-state index in [4.69, 9.17) is 39.5 Å². The zero-order valence-corrected chi connectivity index (χ0v) is 13.1. The van der Waals surface area contributed by atoms with E-state index in [-0.39, 0.29) is 15.8 Å². The first-order valence-electron chi connectivity index (χ1n) is 4.87.